The molecule has 10 heteroatoms. The molecule has 5 rings (SSSR count). The fourth-order valence-electron chi connectivity index (χ4n) is 3.65. The second-order valence-electron chi connectivity index (χ2n) is 7.13. The molecule has 0 aliphatic heterocycles. The highest BCUT2D eigenvalue weighted by Gasteiger charge is 2.19. The van der Waals surface area contributed by atoms with Crippen molar-refractivity contribution in [1.29, 1.82) is 0 Å². The summed E-state index contributed by atoms with van der Waals surface area (Å²) in [7, 11) is 0. The molecule has 2 N–H and O–H groups in total. The fraction of sp³-hybridized carbons (Fsp3) is 0.143. The number of fused-ring (bicyclic) bond motifs is 2. The van der Waals surface area contributed by atoms with Crippen molar-refractivity contribution in [1.82, 2.24) is 34.3 Å². The molecule has 0 amide bonds. The highest BCUT2D eigenvalue weighted by atomic mass is 127. The molecule has 0 atom stereocenters. The molecule has 1 aromatic carbocycles. The van der Waals surface area contributed by atoms with Gasteiger partial charge in [-0.05, 0) is 60.2 Å². The third kappa shape index (κ3) is 3.23. The number of nitrogens with two attached hydrogens (primary N) is 1. The molecular weight excluding hydrogens is 507 g/mol. The quantitative estimate of drug-likeness (QED) is 0.361. The van der Waals surface area contributed by atoms with Gasteiger partial charge in [-0.2, -0.15) is 5.10 Å². The molecule has 4 heterocycles. The number of anilines is 1. The Morgan fingerprint density at radius 1 is 1.03 bits per heavy atom. The Morgan fingerprint density at radius 2 is 1.81 bits per heavy atom. The van der Waals surface area contributed by atoms with E-state index in [1.165, 1.54) is 0 Å². The summed E-state index contributed by atoms with van der Waals surface area (Å²) in [5, 5.41) is 5.78. The lowest BCUT2D eigenvalue weighted by atomic mass is 10.2. The largest absolute Gasteiger partial charge is 0.383 e. The van der Waals surface area contributed by atoms with Crippen molar-refractivity contribution in [3.05, 3.63) is 73.9 Å². The van der Waals surface area contributed by atoms with Crippen LogP contribution in [0.5, 0.6) is 0 Å². The third-order valence-corrected chi connectivity index (χ3v) is 5.80. The Balaban J connectivity index is 1.80. The molecule has 31 heavy (non-hydrogen) atoms. The molecule has 5 aromatic rings. The average molecular weight is 524 g/mol. The van der Waals surface area contributed by atoms with Crippen LogP contribution in [0.4, 0.5) is 5.82 Å². The van der Waals surface area contributed by atoms with E-state index in [1.807, 2.05) is 43.3 Å². The van der Waals surface area contributed by atoms with Gasteiger partial charge >= 0.3 is 0 Å². The van der Waals surface area contributed by atoms with Crippen LogP contribution in [0.25, 0.3) is 27.8 Å². The van der Waals surface area contributed by atoms with Crippen molar-refractivity contribution in [3.8, 4) is 5.69 Å². The lowest BCUT2D eigenvalue weighted by Crippen LogP contribution is -2.26. The van der Waals surface area contributed by atoms with Gasteiger partial charge in [0.15, 0.2) is 11.3 Å². The molecule has 0 aliphatic carbocycles. The minimum Gasteiger partial charge on any atom is -0.383 e. The molecule has 0 saturated heterocycles. The number of hydrogen-bond donors (Lipinski definition) is 1. The minimum absolute atomic E-state index is 0.173. The van der Waals surface area contributed by atoms with E-state index in [0.29, 0.717) is 43.2 Å². The van der Waals surface area contributed by atoms with Gasteiger partial charge in [-0.3, -0.25) is 9.36 Å². The predicted octanol–water partition coefficient (Wildman–Crippen LogP) is 2.77. The Kier molecular flexibility index (Phi) is 4.65. The maximum absolute atomic E-state index is 13.5. The zero-order chi connectivity index (χ0) is 21.7. The van der Waals surface area contributed by atoms with Gasteiger partial charge in [-0.1, -0.05) is 18.2 Å². The molecule has 9 nitrogen and oxygen atoms in total. The molecule has 0 spiro atoms. The van der Waals surface area contributed by atoms with Crippen LogP contribution < -0.4 is 11.3 Å². The number of aromatic nitrogens is 7. The predicted molar refractivity (Wildman–Crippen MR) is 126 cm³/mol. The molecule has 0 unspecified atom stereocenters. The molecule has 0 aliphatic rings. The van der Waals surface area contributed by atoms with E-state index < -0.39 is 0 Å². The van der Waals surface area contributed by atoms with Gasteiger partial charge in [0.2, 0.25) is 0 Å². The lowest BCUT2D eigenvalue weighted by molar-refractivity contribution is 0.644. The summed E-state index contributed by atoms with van der Waals surface area (Å²) in [6, 6.07) is 11.2. The van der Waals surface area contributed by atoms with E-state index in [2.05, 4.69) is 42.6 Å². The van der Waals surface area contributed by atoms with E-state index >= 15 is 0 Å². The number of pyridine rings is 1. The molecule has 0 bridgehead atoms. The first-order valence-electron chi connectivity index (χ1n) is 9.53. The van der Waals surface area contributed by atoms with E-state index in [1.54, 1.807) is 22.4 Å². The maximum atomic E-state index is 13.5. The first kappa shape index (κ1) is 19.5. The highest BCUT2D eigenvalue weighted by Crippen LogP contribution is 2.24. The van der Waals surface area contributed by atoms with Crippen LogP contribution in [0.15, 0.2) is 47.4 Å². The summed E-state index contributed by atoms with van der Waals surface area (Å²) in [6.45, 7) is 3.87. The normalized spacial score (nSPS) is 11.5. The van der Waals surface area contributed by atoms with Gasteiger partial charge in [0.25, 0.3) is 5.56 Å². The van der Waals surface area contributed by atoms with Gasteiger partial charge in [-0.15, -0.1) is 0 Å². The van der Waals surface area contributed by atoms with Crippen LogP contribution in [-0.4, -0.2) is 34.3 Å². The Morgan fingerprint density at radius 3 is 2.58 bits per heavy atom. The molecule has 0 saturated carbocycles. The standard InChI is InChI=1S/C21H17IN8O/c1-11-8-9-24-19-15(11)21(31)30(13-6-4-3-5-7-13)14(27-19)10-29-20-16(17(22)28-29)18(23)25-12(2)26-20/h3-9H,10H2,1-2H3,(H2,23,25,26). The minimum atomic E-state index is -0.173. The lowest BCUT2D eigenvalue weighted by Gasteiger charge is -2.14. The van der Waals surface area contributed by atoms with Crippen molar-refractivity contribution in [2.24, 2.45) is 0 Å². The first-order chi connectivity index (χ1) is 14.9. The van der Waals surface area contributed by atoms with Crippen LogP contribution in [0, 0.1) is 17.5 Å². The molecule has 4 aromatic heterocycles. The highest BCUT2D eigenvalue weighted by molar-refractivity contribution is 14.1. The summed E-state index contributed by atoms with van der Waals surface area (Å²) in [5.74, 6) is 1.42. The average Bonchev–Trinajstić information content (AvgIpc) is 3.04. The second kappa shape index (κ2) is 7.38. The first-order valence-corrected chi connectivity index (χ1v) is 10.6. The zero-order valence-corrected chi connectivity index (χ0v) is 18.9. The van der Waals surface area contributed by atoms with Gasteiger partial charge in [0, 0.05) is 6.20 Å². The van der Waals surface area contributed by atoms with Crippen LogP contribution >= 0.6 is 22.6 Å². The Labute approximate surface area is 190 Å². The second-order valence-corrected chi connectivity index (χ2v) is 8.16. The zero-order valence-electron chi connectivity index (χ0n) is 16.7. The van der Waals surface area contributed by atoms with Crippen LogP contribution in [-0.2, 0) is 6.54 Å². The number of halogens is 1. The fourth-order valence-corrected chi connectivity index (χ4v) is 4.43. The number of nitrogens with zero attached hydrogens (tertiary/aromatic N) is 7. The van der Waals surface area contributed by atoms with Gasteiger partial charge in [-0.25, -0.2) is 24.6 Å². The summed E-state index contributed by atoms with van der Waals surface area (Å²) in [6.07, 6.45) is 1.66. The summed E-state index contributed by atoms with van der Waals surface area (Å²) in [5.41, 5.74) is 8.49. The number of aryl methyl sites for hydroxylation is 2. The Hall–Kier alpha value is -3.41. The maximum Gasteiger partial charge on any atom is 0.267 e. The molecule has 154 valence electrons. The van der Waals surface area contributed by atoms with E-state index in [-0.39, 0.29) is 12.1 Å². The van der Waals surface area contributed by atoms with E-state index in [0.717, 1.165) is 11.3 Å². The van der Waals surface area contributed by atoms with Crippen LogP contribution in [0.3, 0.4) is 0 Å². The van der Waals surface area contributed by atoms with Crippen molar-refractivity contribution in [3.63, 3.8) is 0 Å². The van der Waals surface area contributed by atoms with E-state index in [9.17, 15) is 4.79 Å². The topological polar surface area (TPSA) is 117 Å². The van der Waals surface area contributed by atoms with Crippen molar-refractivity contribution >= 4 is 50.5 Å². The summed E-state index contributed by atoms with van der Waals surface area (Å²) < 4.78 is 3.99. The van der Waals surface area contributed by atoms with Gasteiger partial charge in [0.1, 0.15) is 27.7 Å². The van der Waals surface area contributed by atoms with Crippen molar-refractivity contribution in [2.45, 2.75) is 20.4 Å². The summed E-state index contributed by atoms with van der Waals surface area (Å²) >= 11 is 2.11. The smallest absolute Gasteiger partial charge is 0.267 e. The summed E-state index contributed by atoms with van der Waals surface area (Å²) in [4.78, 5) is 31.4. The van der Waals surface area contributed by atoms with Crippen molar-refractivity contribution < 1.29 is 0 Å². The molecular formula is C21H17IN8O. The van der Waals surface area contributed by atoms with E-state index in [4.69, 9.17) is 10.7 Å². The number of nitrogen functional groups attached to an aromatic ring is 1. The third-order valence-electron chi connectivity index (χ3n) is 5.04. The molecule has 0 fully saturated rings. The van der Waals surface area contributed by atoms with Crippen molar-refractivity contribution in [2.75, 3.05) is 5.73 Å². The monoisotopic (exact) mass is 524 g/mol. The SMILES string of the molecule is Cc1nc(N)c2c(I)nn(Cc3nc4nccc(C)c4c(=O)n3-c3ccccc3)c2n1. The number of benzene rings is 1. The van der Waals surface area contributed by atoms with Crippen LogP contribution in [0.2, 0.25) is 0 Å². The van der Waals surface area contributed by atoms with Gasteiger partial charge in [0.05, 0.1) is 16.5 Å². The number of hydrogen-bond acceptors (Lipinski definition) is 7. The molecule has 0 radical (unpaired) electrons. The number of rotatable bonds is 3. The Bertz CT molecular complexity index is 1520. The number of para-hydroxylation sites is 1. The van der Waals surface area contributed by atoms with Crippen LogP contribution in [0.1, 0.15) is 17.2 Å². The van der Waals surface area contributed by atoms with Gasteiger partial charge < -0.3 is 5.73 Å².